The molecule has 1 rings (SSSR count). The minimum absolute atomic E-state index is 0.289. The van der Waals surface area contributed by atoms with E-state index in [1.807, 2.05) is 32.0 Å². The van der Waals surface area contributed by atoms with Crippen LogP contribution in [0.4, 0.5) is 0 Å². The summed E-state index contributed by atoms with van der Waals surface area (Å²) in [6, 6.07) is 7.38. The quantitative estimate of drug-likeness (QED) is 0.348. The Morgan fingerprint density at radius 1 is 1.33 bits per heavy atom. The van der Waals surface area contributed by atoms with Crippen LogP contribution in [0.3, 0.4) is 0 Å². The lowest BCUT2D eigenvalue weighted by Crippen LogP contribution is -2.05. The minimum Gasteiger partial charge on any atom is -0.465 e. The van der Waals surface area contributed by atoms with Crippen LogP contribution in [0.2, 0.25) is 0 Å². The maximum Gasteiger partial charge on any atom is 0.337 e. The summed E-state index contributed by atoms with van der Waals surface area (Å²) in [6.07, 6.45) is 0. The minimum atomic E-state index is -0.447. The fraction of sp³-hybridized carbons (Fsp3) is 0.286. The van der Waals surface area contributed by atoms with Gasteiger partial charge in [0.1, 0.15) is 6.61 Å². The Bertz CT molecular complexity index is 474. The van der Waals surface area contributed by atoms with E-state index in [4.69, 9.17) is 4.84 Å². The van der Waals surface area contributed by atoms with Crippen LogP contribution in [0.5, 0.6) is 0 Å². The van der Waals surface area contributed by atoms with E-state index < -0.39 is 5.97 Å². The van der Waals surface area contributed by atoms with Gasteiger partial charge in [-0.05, 0) is 19.4 Å². The molecule has 0 aliphatic carbocycles. The van der Waals surface area contributed by atoms with E-state index >= 15 is 0 Å². The zero-order chi connectivity index (χ0) is 13.5. The number of benzene rings is 1. The molecule has 96 valence electrons. The van der Waals surface area contributed by atoms with Crippen LogP contribution < -0.4 is 0 Å². The number of rotatable bonds is 5. The molecule has 0 spiro atoms. The topological polar surface area (TPSA) is 47.9 Å². The van der Waals surface area contributed by atoms with Gasteiger partial charge in [0.2, 0.25) is 0 Å². The van der Waals surface area contributed by atoms with Crippen LogP contribution in [-0.4, -0.2) is 18.8 Å². The Balaban J connectivity index is 2.89. The zero-order valence-corrected chi connectivity index (χ0v) is 10.9. The number of esters is 1. The van der Waals surface area contributed by atoms with Crippen LogP contribution in [0, 0.1) is 0 Å². The van der Waals surface area contributed by atoms with Crippen LogP contribution in [0.15, 0.2) is 36.0 Å². The first-order valence-corrected chi connectivity index (χ1v) is 5.55. The molecule has 0 unspecified atom stereocenters. The Kier molecular flexibility index (Phi) is 5.11. The molecule has 1 aromatic rings. The van der Waals surface area contributed by atoms with Gasteiger partial charge in [0.15, 0.2) is 0 Å². The predicted molar refractivity (Wildman–Crippen MR) is 71.1 cm³/mol. The Labute approximate surface area is 107 Å². The molecule has 0 aliphatic rings. The predicted octanol–water partition coefficient (Wildman–Crippen LogP) is 2.79. The van der Waals surface area contributed by atoms with Gasteiger partial charge in [-0.15, -0.1) is 0 Å². The van der Waals surface area contributed by atoms with Crippen molar-refractivity contribution in [3.63, 3.8) is 0 Å². The molecule has 0 bridgehead atoms. The van der Waals surface area contributed by atoms with Gasteiger partial charge in [0.25, 0.3) is 0 Å². The standard InChI is InChI=1S/C14H17NO3/c1-10(2)15-18-9-12-7-5-6-8-13(12)11(3)14(16)17-4/h5-8H,3,9H2,1-2,4H3. The van der Waals surface area contributed by atoms with Crippen LogP contribution in [-0.2, 0) is 21.0 Å². The normalized spacial score (nSPS) is 9.50. The monoisotopic (exact) mass is 247 g/mol. The SMILES string of the molecule is C=C(C(=O)OC)c1ccccc1CON=C(C)C. The van der Waals surface area contributed by atoms with Gasteiger partial charge in [0, 0.05) is 5.56 Å². The van der Waals surface area contributed by atoms with Crippen molar-refractivity contribution in [3.05, 3.63) is 42.0 Å². The Morgan fingerprint density at radius 3 is 2.61 bits per heavy atom. The second-order valence-electron chi connectivity index (χ2n) is 3.94. The highest BCUT2D eigenvalue weighted by molar-refractivity contribution is 6.15. The molecule has 0 fully saturated rings. The van der Waals surface area contributed by atoms with Crippen molar-refractivity contribution in [2.45, 2.75) is 20.5 Å². The van der Waals surface area contributed by atoms with Crippen LogP contribution in [0.1, 0.15) is 25.0 Å². The van der Waals surface area contributed by atoms with Gasteiger partial charge in [-0.25, -0.2) is 4.79 Å². The number of nitrogens with zero attached hydrogens (tertiary/aromatic N) is 1. The molecule has 0 N–H and O–H groups in total. The maximum absolute atomic E-state index is 11.5. The summed E-state index contributed by atoms with van der Waals surface area (Å²) in [5.41, 5.74) is 2.71. The fourth-order valence-corrected chi connectivity index (χ4v) is 1.40. The summed E-state index contributed by atoms with van der Waals surface area (Å²) in [5, 5.41) is 3.86. The summed E-state index contributed by atoms with van der Waals surface area (Å²) in [7, 11) is 1.33. The lowest BCUT2D eigenvalue weighted by atomic mass is 10.0. The van der Waals surface area contributed by atoms with Crippen molar-refractivity contribution < 1.29 is 14.4 Å². The second kappa shape index (κ2) is 6.59. The number of carbonyl (C=O) groups excluding carboxylic acids is 1. The van der Waals surface area contributed by atoms with Crippen LogP contribution in [0.25, 0.3) is 5.57 Å². The molecule has 0 aromatic heterocycles. The average Bonchev–Trinajstić information content (AvgIpc) is 2.37. The average molecular weight is 247 g/mol. The van der Waals surface area contributed by atoms with Crippen LogP contribution >= 0.6 is 0 Å². The third-order valence-electron chi connectivity index (χ3n) is 2.24. The molecule has 0 radical (unpaired) electrons. The number of hydrogen-bond acceptors (Lipinski definition) is 4. The van der Waals surface area contributed by atoms with E-state index in [2.05, 4.69) is 16.5 Å². The molecule has 18 heavy (non-hydrogen) atoms. The maximum atomic E-state index is 11.5. The van der Waals surface area contributed by atoms with Crippen molar-refractivity contribution in [3.8, 4) is 0 Å². The van der Waals surface area contributed by atoms with Crippen molar-refractivity contribution in [2.24, 2.45) is 5.16 Å². The van der Waals surface area contributed by atoms with Crippen molar-refractivity contribution in [2.75, 3.05) is 7.11 Å². The number of methoxy groups -OCH3 is 1. The number of ether oxygens (including phenoxy) is 1. The highest BCUT2D eigenvalue weighted by Crippen LogP contribution is 2.19. The van der Waals surface area contributed by atoms with Gasteiger partial charge >= 0.3 is 5.97 Å². The second-order valence-corrected chi connectivity index (χ2v) is 3.94. The van der Waals surface area contributed by atoms with E-state index in [-0.39, 0.29) is 6.61 Å². The highest BCUT2D eigenvalue weighted by Gasteiger charge is 2.13. The van der Waals surface area contributed by atoms with Gasteiger partial charge in [-0.1, -0.05) is 36.0 Å². The Morgan fingerprint density at radius 2 is 2.00 bits per heavy atom. The van der Waals surface area contributed by atoms with E-state index in [0.29, 0.717) is 11.1 Å². The third-order valence-corrected chi connectivity index (χ3v) is 2.24. The smallest absolute Gasteiger partial charge is 0.337 e. The van der Waals surface area contributed by atoms with E-state index in [1.54, 1.807) is 6.07 Å². The molecule has 4 heteroatoms. The molecular formula is C14H17NO3. The fourth-order valence-electron chi connectivity index (χ4n) is 1.40. The van der Waals surface area contributed by atoms with Crippen molar-refractivity contribution in [1.29, 1.82) is 0 Å². The number of hydrogen-bond donors (Lipinski definition) is 0. The molecule has 4 nitrogen and oxygen atoms in total. The molecule has 0 atom stereocenters. The lowest BCUT2D eigenvalue weighted by molar-refractivity contribution is -0.133. The first-order chi connectivity index (χ1) is 8.56. The summed E-state index contributed by atoms with van der Waals surface area (Å²) in [6.45, 7) is 7.72. The largest absolute Gasteiger partial charge is 0.465 e. The number of carbonyl (C=O) groups is 1. The molecule has 0 heterocycles. The van der Waals surface area contributed by atoms with Crippen molar-refractivity contribution >= 4 is 17.3 Å². The highest BCUT2D eigenvalue weighted by atomic mass is 16.6. The molecule has 0 aliphatic heterocycles. The molecule has 0 saturated heterocycles. The molecule has 0 amide bonds. The first-order valence-electron chi connectivity index (χ1n) is 5.55. The summed E-state index contributed by atoms with van der Waals surface area (Å²) in [4.78, 5) is 16.6. The van der Waals surface area contributed by atoms with Gasteiger partial charge in [-0.2, -0.15) is 0 Å². The summed E-state index contributed by atoms with van der Waals surface area (Å²) in [5.74, 6) is -0.447. The van der Waals surface area contributed by atoms with Crippen molar-refractivity contribution in [1.82, 2.24) is 0 Å². The first kappa shape index (κ1) is 14.0. The van der Waals surface area contributed by atoms with E-state index in [9.17, 15) is 4.79 Å². The zero-order valence-electron chi connectivity index (χ0n) is 10.9. The molecule has 1 aromatic carbocycles. The molecular weight excluding hydrogens is 230 g/mol. The third kappa shape index (κ3) is 3.73. The summed E-state index contributed by atoms with van der Waals surface area (Å²) >= 11 is 0. The van der Waals surface area contributed by atoms with E-state index in [0.717, 1.165) is 11.3 Å². The number of oxime groups is 1. The lowest BCUT2D eigenvalue weighted by Gasteiger charge is -2.09. The molecule has 0 saturated carbocycles. The van der Waals surface area contributed by atoms with Gasteiger partial charge in [-0.3, -0.25) is 0 Å². The summed E-state index contributed by atoms with van der Waals surface area (Å²) < 4.78 is 4.66. The Hall–Kier alpha value is -2.10. The van der Waals surface area contributed by atoms with E-state index in [1.165, 1.54) is 7.11 Å². The van der Waals surface area contributed by atoms with Gasteiger partial charge < -0.3 is 9.57 Å². The van der Waals surface area contributed by atoms with Gasteiger partial charge in [0.05, 0.1) is 18.4 Å².